The summed E-state index contributed by atoms with van der Waals surface area (Å²) in [6.45, 7) is 4.75. The van der Waals surface area contributed by atoms with Crippen LogP contribution in [-0.2, 0) is 36.6 Å². The first-order valence-electron chi connectivity index (χ1n) is 12.3. The fourth-order valence-electron chi connectivity index (χ4n) is 4.73. The van der Waals surface area contributed by atoms with E-state index < -0.39 is 10.0 Å². The summed E-state index contributed by atoms with van der Waals surface area (Å²) < 4.78 is 30.2. The molecular weight excluding hydrogens is 484 g/mol. The Labute approximate surface area is 218 Å². The van der Waals surface area contributed by atoms with Gasteiger partial charge in [0.25, 0.3) is 5.91 Å². The van der Waals surface area contributed by atoms with Gasteiger partial charge >= 0.3 is 0 Å². The predicted molar refractivity (Wildman–Crippen MR) is 144 cm³/mol. The molecule has 0 saturated carbocycles. The first-order chi connectivity index (χ1) is 17.7. The monoisotopic (exact) mass is 514 g/mol. The van der Waals surface area contributed by atoms with Gasteiger partial charge in [0, 0.05) is 49.1 Å². The van der Waals surface area contributed by atoms with Gasteiger partial charge in [-0.2, -0.15) is 9.40 Å². The van der Waals surface area contributed by atoms with Crippen molar-refractivity contribution in [1.29, 1.82) is 0 Å². The number of nitrogens with zero attached hydrogens (tertiary/aromatic N) is 4. The molecule has 1 aliphatic heterocycles. The van der Waals surface area contributed by atoms with Gasteiger partial charge in [0.15, 0.2) is 0 Å². The number of hydrogen-bond acceptors (Lipinski definition) is 4. The molecule has 190 valence electrons. The minimum atomic E-state index is -3.66. The zero-order chi connectivity index (χ0) is 26.2. The maximum absolute atomic E-state index is 13.7. The van der Waals surface area contributed by atoms with Gasteiger partial charge in [-0.05, 0) is 50.2 Å². The molecule has 0 spiro atoms. The van der Waals surface area contributed by atoms with Crippen molar-refractivity contribution in [2.24, 2.45) is 7.05 Å². The molecule has 3 aromatic carbocycles. The van der Waals surface area contributed by atoms with Crippen LogP contribution in [0.1, 0.15) is 38.4 Å². The minimum absolute atomic E-state index is 0.134. The standard InChI is InChI=1S/C29H30N4O3S/c1-21-9-13-23(14-10-21)29(34)33(24-7-5-4-6-8-24)20-27-26-19-32(18-17-28(26)31(3)30-27)37(35,36)25-15-11-22(2)12-16-25/h4-16H,17-20H2,1-3H3. The van der Waals surface area contributed by atoms with Crippen molar-refractivity contribution in [3.8, 4) is 0 Å². The summed E-state index contributed by atoms with van der Waals surface area (Å²) in [4.78, 5) is 15.7. The quantitative estimate of drug-likeness (QED) is 0.376. The zero-order valence-corrected chi connectivity index (χ0v) is 22.1. The molecule has 5 rings (SSSR count). The molecule has 0 N–H and O–H groups in total. The van der Waals surface area contributed by atoms with Crippen LogP contribution in [0.15, 0.2) is 83.8 Å². The molecule has 37 heavy (non-hydrogen) atoms. The van der Waals surface area contributed by atoms with Crippen LogP contribution in [0.4, 0.5) is 5.69 Å². The maximum atomic E-state index is 13.7. The van der Waals surface area contributed by atoms with Gasteiger partial charge < -0.3 is 4.90 Å². The Morgan fingerprint density at radius 2 is 1.54 bits per heavy atom. The lowest BCUT2D eigenvalue weighted by Gasteiger charge is -2.28. The highest BCUT2D eigenvalue weighted by atomic mass is 32.2. The van der Waals surface area contributed by atoms with Gasteiger partial charge in [0.1, 0.15) is 0 Å². The summed E-state index contributed by atoms with van der Waals surface area (Å²) in [6.07, 6.45) is 0.557. The first-order valence-corrected chi connectivity index (χ1v) is 13.7. The highest BCUT2D eigenvalue weighted by Gasteiger charge is 2.33. The number of para-hydroxylation sites is 1. The Bertz CT molecular complexity index is 1530. The van der Waals surface area contributed by atoms with Crippen LogP contribution >= 0.6 is 0 Å². The van der Waals surface area contributed by atoms with Crippen LogP contribution in [-0.4, -0.2) is 35.0 Å². The Morgan fingerprint density at radius 3 is 2.19 bits per heavy atom. The number of aromatic nitrogens is 2. The number of amides is 1. The van der Waals surface area contributed by atoms with Gasteiger partial charge in [-0.25, -0.2) is 8.42 Å². The molecule has 0 radical (unpaired) electrons. The lowest BCUT2D eigenvalue weighted by molar-refractivity contribution is 0.0984. The van der Waals surface area contributed by atoms with Crippen LogP contribution in [0.25, 0.3) is 0 Å². The molecule has 0 aliphatic carbocycles. The SMILES string of the molecule is Cc1ccc(C(=O)N(Cc2nn(C)c3c2CN(S(=O)(=O)c2ccc(C)cc2)CC3)c2ccccc2)cc1. The van der Waals surface area contributed by atoms with Crippen LogP contribution in [0, 0.1) is 13.8 Å². The topological polar surface area (TPSA) is 75.5 Å². The largest absolute Gasteiger partial charge is 0.302 e. The second kappa shape index (κ2) is 9.95. The third-order valence-electron chi connectivity index (χ3n) is 6.87. The van der Waals surface area contributed by atoms with E-state index in [1.54, 1.807) is 17.0 Å². The summed E-state index contributed by atoms with van der Waals surface area (Å²) in [7, 11) is -1.78. The smallest absolute Gasteiger partial charge is 0.258 e. The van der Waals surface area contributed by atoms with Gasteiger partial charge in [-0.15, -0.1) is 0 Å². The first kappa shape index (κ1) is 24.9. The van der Waals surface area contributed by atoms with E-state index in [1.165, 1.54) is 4.31 Å². The molecular formula is C29H30N4O3S. The van der Waals surface area contributed by atoms with E-state index in [-0.39, 0.29) is 23.9 Å². The summed E-state index contributed by atoms with van der Waals surface area (Å²) in [5.41, 5.74) is 5.99. The Balaban J connectivity index is 1.49. The molecule has 0 atom stereocenters. The number of rotatable bonds is 6. The Kier molecular flexibility index (Phi) is 6.70. The van der Waals surface area contributed by atoms with Crippen molar-refractivity contribution < 1.29 is 13.2 Å². The minimum Gasteiger partial charge on any atom is -0.302 e. The van der Waals surface area contributed by atoms with E-state index in [9.17, 15) is 13.2 Å². The molecule has 0 fully saturated rings. The second-order valence-electron chi connectivity index (χ2n) is 9.49. The van der Waals surface area contributed by atoms with E-state index in [4.69, 9.17) is 5.10 Å². The van der Waals surface area contributed by atoms with E-state index in [2.05, 4.69) is 0 Å². The average molecular weight is 515 g/mol. The van der Waals surface area contributed by atoms with Gasteiger partial charge in [0.05, 0.1) is 17.1 Å². The molecule has 7 nitrogen and oxygen atoms in total. The fraction of sp³-hybridized carbons (Fsp3) is 0.241. The van der Waals surface area contributed by atoms with Gasteiger partial charge in [-0.3, -0.25) is 9.48 Å². The molecule has 4 aromatic rings. The summed E-state index contributed by atoms with van der Waals surface area (Å²) in [5.74, 6) is -0.134. The molecule has 0 unspecified atom stereocenters. The predicted octanol–water partition coefficient (Wildman–Crippen LogP) is 4.63. The highest BCUT2D eigenvalue weighted by Crippen LogP contribution is 2.29. The second-order valence-corrected chi connectivity index (χ2v) is 11.4. The van der Waals surface area contributed by atoms with Crippen molar-refractivity contribution in [1.82, 2.24) is 14.1 Å². The van der Waals surface area contributed by atoms with Crippen LogP contribution in [0.2, 0.25) is 0 Å². The summed E-state index contributed by atoms with van der Waals surface area (Å²) in [5, 5.41) is 4.75. The van der Waals surface area contributed by atoms with Crippen molar-refractivity contribution in [2.75, 3.05) is 11.4 Å². The number of benzene rings is 3. The van der Waals surface area contributed by atoms with Crippen molar-refractivity contribution in [3.05, 3.63) is 113 Å². The molecule has 2 heterocycles. The van der Waals surface area contributed by atoms with Gasteiger partial charge in [0.2, 0.25) is 10.0 Å². The lowest BCUT2D eigenvalue weighted by atomic mass is 10.1. The molecule has 8 heteroatoms. The number of fused-ring (bicyclic) bond motifs is 1. The van der Waals surface area contributed by atoms with Crippen molar-refractivity contribution in [2.45, 2.75) is 38.3 Å². The number of anilines is 1. The molecule has 1 aromatic heterocycles. The van der Waals surface area contributed by atoms with E-state index in [0.29, 0.717) is 24.2 Å². The van der Waals surface area contributed by atoms with Crippen molar-refractivity contribution in [3.63, 3.8) is 0 Å². The fourth-order valence-corrected chi connectivity index (χ4v) is 6.14. The van der Waals surface area contributed by atoms with Gasteiger partial charge in [-0.1, -0.05) is 53.6 Å². The summed E-state index contributed by atoms with van der Waals surface area (Å²) in [6, 6.07) is 23.9. The van der Waals surface area contributed by atoms with Crippen LogP contribution < -0.4 is 4.90 Å². The van der Waals surface area contributed by atoms with Crippen molar-refractivity contribution >= 4 is 21.6 Å². The Hall–Kier alpha value is -3.75. The third-order valence-corrected chi connectivity index (χ3v) is 8.73. The normalized spacial score (nSPS) is 13.8. The number of sulfonamides is 1. The third kappa shape index (κ3) is 4.95. The highest BCUT2D eigenvalue weighted by molar-refractivity contribution is 7.89. The number of carbonyl (C=O) groups is 1. The zero-order valence-electron chi connectivity index (χ0n) is 21.3. The van der Waals surface area contributed by atoms with E-state index in [0.717, 1.165) is 28.1 Å². The average Bonchev–Trinajstić information content (AvgIpc) is 3.22. The maximum Gasteiger partial charge on any atom is 0.258 e. The lowest BCUT2D eigenvalue weighted by Crippen LogP contribution is -2.37. The molecule has 1 amide bonds. The van der Waals surface area contributed by atoms with Crippen LogP contribution in [0.3, 0.4) is 0 Å². The Morgan fingerprint density at radius 1 is 0.919 bits per heavy atom. The number of carbonyl (C=O) groups excluding carboxylic acids is 1. The van der Waals surface area contributed by atoms with Crippen LogP contribution in [0.5, 0.6) is 0 Å². The molecule has 0 saturated heterocycles. The summed E-state index contributed by atoms with van der Waals surface area (Å²) >= 11 is 0. The molecule has 0 bridgehead atoms. The van der Waals surface area contributed by atoms with E-state index >= 15 is 0 Å². The molecule has 1 aliphatic rings. The number of aryl methyl sites for hydroxylation is 3. The number of hydrogen-bond donors (Lipinski definition) is 0. The van der Waals surface area contributed by atoms with E-state index in [1.807, 2.05) is 92.3 Å².